The lowest BCUT2D eigenvalue weighted by Gasteiger charge is -2.09. The van der Waals surface area contributed by atoms with Crippen LogP contribution in [0.1, 0.15) is 16.9 Å². The van der Waals surface area contributed by atoms with Crippen LogP contribution in [0.5, 0.6) is 5.88 Å². The maximum absolute atomic E-state index is 13.7. The summed E-state index contributed by atoms with van der Waals surface area (Å²) in [6.45, 7) is 2.26. The van der Waals surface area contributed by atoms with Crippen molar-refractivity contribution in [2.24, 2.45) is 0 Å². The number of hydrogen-bond acceptors (Lipinski definition) is 4. The van der Waals surface area contributed by atoms with Crippen molar-refractivity contribution in [2.75, 3.05) is 33.8 Å². The molecule has 0 aliphatic carbocycles. The van der Waals surface area contributed by atoms with Gasteiger partial charge in [0.05, 0.1) is 6.54 Å². The number of nitrogens with zero attached hydrogens (tertiary/aromatic N) is 3. The van der Waals surface area contributed by atoms with Gasteiger partial charge < -0.3 is 15.0 Å². The molecule has 100 valence electrons. The second-order valence-corrected chi connectivity index (χ2v) is 4.45. The molecule has 0 fully saturated rings. The predicted octanol–water partition coefficient (Wildman–Crippen LogP) is 0.0961. The first-order chi connectivity index (χ1) is 8.59. The monoisotopic (exact) mass is 256 g/mol. The van der Waals surface area contributed by atoms with Gasteiger partial charge in [0.15, 0.2) is 5.69 Å². The Morgan fingerprint density at radius 3 is 3.06 bits per heavy atom. The fraction of sp³-hybridized carbons (Fsp3) is 0.636. The second kappa shape index (κ2) is 5.34. The van der Waals surface area contributed by atoms with E-state index in [9.17, 15) is 9.18 Å². The van der Waals surface area contributed by atoms with Crippen LogP contribution in [0.15, 0.2) is 0 Å². The molecule has 1 N–H and O–H groups in total. The highest BCUT2D eigenvalue weighted by Crippen LogP contribution is 2.24. The van der Waals surface area contributed by atoms with Crippen molar-refractivity contribution in [3.63, 3.8) is 0 Å². The fourth-order valence-corrected chi connectivity index (χ4v) is 1.77. The van der Waals surface area contributed by atoms with Crippen molar-refractivity contribution in [3.8, 4) is 5.88 Å². The summed E-state index contributed by atoms with van der Waals surface area (Å²) < 4.78 is 20.2. The Kier molecular flexibility index (Phi) is 3.81. The van der Waals surface area contributed by atoms with Crippen LogP contribution in [0.25, 0.3) is 0 Å². The number of halogens is 1. The molecule has 0 atom stereocenters. The van der Waals surface area contributed by atoms with Gasteiger partial charge in [-0.25, -0.2) is 4.68 Å². The van der Waals surface area contributed by atoms with Gasteiger partial charge in [0, 0.05) is 6.54 Å². The highest BCUT2D eigenvalue weighted by Gasteiger charge is 2.27. The molecule has 0 spiro atoms. The van der Waals surface area contributed by atoms with E-state index in [4.69, 9.17) is 4.74 Å². The first-order valence-corrected chi connectivity index (χ1v) is 5.91. The Labute approximate surface area is 105 Å². The molecule has 1 aromatic heterocycles. The van der Waals surface area contributed by atoms with Gasteiger partial charge in [0.2, 0.25) is 11.7 Å². The number of carbonyl (C=O) groups is 1. The van der Waals surface area contributed by atoms with E-state index in [1.807, 2.05) is 19.0 Å². The van der Waals surface area contributed by atoms with Crippen LogP contribution in [-0.2, 0) is 6.54 Å². The van der Waals surface area contributed by atoms with Gasteiger partial charge in [-0.2, -0.15) is 9.49 Å². The summed E-state index contributed by atoms with van der Waals surface area (Å²) in [5.41, 5.74) is -0.186. The number of nitrogens with one attached hydrogen (secondary N) is 1. The summed E-state index contributed by atoms with van der Waals surface area (Å²) in [4.78, 5) is 13.7. The standard InChI is InChI=1S/C11H17FN4O2/c1-15(2)5-3-4-13-10(17)9-8(12)11-16(14-9)6-7-18-11/h3-7H2,1-2H3,(H,13,17). The summed E-state index contributed by atoms with van der Waals surface area (Å²) in [6, 6.07) is 0. The molecule has 6 nitrogen and oxygen atoms in total. The number of hydrogen-bond donors (Lipinski definition) is 1. The average Bonchev–Trinajstić information content (AvgIpc) is 2.88. The molecule has 2 heterocycles. The average molecular weight is 256 g/mol. The summed E-state index contributed by atoms with van der Waals surface area (Å²) in [5.74, 6) is -1.09. The highest BCUT2D eigenvalue weighted by molar-refractivity contribution is 5.92. The molecule has 0 saturated carbocycles. The summed E-state index contributed by atoms with van der Waals surface area (Å²) in [7, 11) is 3.91. The zero-order valence-corrected chi connectivity index (χ0v) is 10.6. The lowest BCUT2D eigenvalue weighted by molar-refractivity contribution is 0.0942. The molecule has 1 aromatic rings. The Hall–Kier alpha value is -1.63. The smallest absolute Gasteiger partial charge is 0.275 e. The van der Waals surface area contributed by atoms with Crippen molar-refractivity contribution >= 4 is 5.91 Å². The predicted molar refractivity (Wildman–Crippen MR) is 63.2 cm³/mol. The fourth-order valence-electron chi connectivity index (χ4n) is 1.77. The van der Waals surface area contributed by atoms with Crippen LogP contribution < -0.4 is 10.1 Å². The largest absolute Gasteiger partial charge is 0.474 e. The quantitative estimate of drug-likeness (QED) is 0.759. The topological polar surface area (TPSA) is 59.4 Å². The summed E-state index contributed by atoms with van der Waals surface area (Å²) in [6.07, 6.45) is 0.810. The first kappa shape index (κ1) is 12.8. The van der Waals surface area contributed by atoms with Gasteiger partial charge in [-0.05, 0) is 27.1 Å². The van der Waals surface area contributed by atoms with Crippen molar-refractivity contribution in [3.05, 3.63) is 11.5 Å². The lowest BCUT2D eigenvalue weighted by Crippen LogP contribution is -2.28. The molecule has 0 unspecified atom stereocenters. The molecule has 0 radical (unpaired) electrons. The third-order valence-electron chi connectivity index (χ3n) is 2.68. The van der Waals surface area contributed by atoms with Gasteiger partial charge in [0.25, 0.3) is 5.91 Å². The van der Waals surface area contributed by atoms with Crippen molar-refractivity contribution in [2.45, 2.75) is 13.0 Å². The first-order valence-electron chi connectivity index (χ1n) is 5.91. The number of carbonyl (C=O) groups excluding carboxylic acids is 1. The van der Waals surface area contributed by atoms with E-state index in [2.05, 4.69) is 10.4 Å². The van der Waals surface area contributed by atoms with Crippen molar-refractivity contribution < 1.29 is 13.9 Å². The second-order valence-electron chi connectivity index (χ2n) is 4.45. The van der Waals surface area contributed by atoms with Crippen LogP contribution in [0, 0.1) is 5.82 Å². The zero-order valence-electron chi connectivity index (χ0n) is 10.6. The highest BCUT2D eigenvalue weighted by atomic mass is 19.1. The molecule has 0 aromatic carbocycles. The third kappa shape index (κ3) is 2.61. The maximum atomic E-state index is 13.7. The van der Waals surface area contributed by atoms with Crippen LogP contribution in [0.3, 0.4) is 0 Å². The zero-order chi connectivity index (χ0) is 13.1. The normalized spacial score (nSPS) is 13.6. The maximum Gasteiger partial charge on any atom is 0.275 e. The van der Waals surface area contributed by atoms with Crippen LogP contribution in [-0.4, -0.2) is 54.4 Å². The molecule has 18 heavy (non-hydrogen) atoms. The van der Waals surface area contributed by atoms with Gasteiger partial charge >= 0.3 is 0 Å². The molecular formula is C11H17FN4O2. The van der Waals surface area contributed by atoms with E-state index in [1.54, 1.807) is 0 Å². The molecule has 2 rings (SSSR count). The molecule has 1 amide bonds. The third-order valence-corrected chi connectivity index (χ3v) is 2.68. The summed E-state index contributed by atoms with van der Waals surface area (Å²) in [5, 5.41) is 6.55. The molecule has 1 aliphatic rings. The van der Waals surface area contributed by atoms with E-state index in [1.165, 1.54) is 4.68 Å². The van der Waals surface area contributed by atoms with Crippen molar-refractivity contribution in [1.82, 2.24) is 20.0 Å². The number of aromatic nitrogens is 2. The molecule has 0 saturated heterocycles. The van der Waals surface area contributed by atoms with E-state index >= 15 is 0 Å². The molecule has 7 heteroatoms. The minimum Gasteiger partial charge on any atom is -0.474 e. The Morgan fingerprint density at radius 2 is 2.39 bits per heavy atom. The van der Waals surface area contributed by atoms with Crippen LogP contribution >= 0.6 is 0 Å². The van der Waals surface area contributed by atoms with E-state index in [-0.39, 0.29) is 11.6 Å². The minimum absolute atomic E-state index is 0.0634. The Balaban J connectivity index is 1.90. The van der Waals surface area contributed by atoms with Gasteiger partial charge in [-0.15, -0.1) is 0 Å². The SMILES string of the molecule is CN(C)CCCNC(=O)c1nn2c(c1F)OCC2. The molecule has 0 bridgehead atoms. The number of rotatable bonds is 5. The number of fused-ring (bicyclic) bond motifs is 1. The molecular weight excluding hydrogens is 239 g/mol. The lowest BCUT2D eigenvalue weighted by atomic mass is 10.3. The molecule has 1 aliphatic heterocycles. The van der Waals surface area contributed by atoms with Gasteiger partial charge in [-0.3, -0.25) is 4.79 Å². The van der Waals surface area contributed by atoms with Crippen LogP contribution in [0.2, 0.25) is 0 Å². The van der Waals surface area contributed by atoms with Crippen LogP contribution in [0.4, 0.5) is 4.39 Å². The van der Waals surface area contributed by atoms with E-state index in [0.717, 1.165) is 13.0 Å². The van der Waals surface area contributed by atoms with Gasteiger partial charge in [0.1, 0.15) is 6.61 Å². The van der Waals surface area contributed by atoms with E-state index < -0.39 is 11.7 Å². The Bertz CT molecular complexity index is 444. The Morgan fingerprint density at radius 1 is 1.61 bits per heavy atom. The summed E-state index contributed by atoms with van der Waals surface area (Å²) >= 11 is 0. The number of amides is 1. The van der Waals surface area contributed by atoms with Gasteiger partial charge in [-0.1, -0.05) is 0 Å². The van der Waals surface area contributed by atoms with Crippen molar-refractivity contribution in [1.29, 1.82) is 0 Å². The number of ether oxygens (including phenoxy) is 1. The van der Waals surface area contributed by atoms with E-state index in [0.29, 0.717) is 19.7 Å². The minimum atomic E-state index is -0.669.